The second kappa shape index (κ2) is 6.40. The van der Waals surface area contributed by atoms with Gasteiger partial charge in [-0.25, -0.2) is 22.0 Å². The number of alkyl halides is 2. The largest absolute Gasteiger partial charge is 0.255 e. The third-order valence-electron chi connectivity index (χ3n) is 1.93. The summed E-state index contributed by atoms with van der Waals surface area (Å²) in [6, 6.07) is 0. The molecule has 0 atom stereocenters. The van der Waals surface area contributed by atoms with Gasteiger partial charge in [0.2, 0.25) is 0 Å². The summed E-state index contributed by atoms with van der Waals surface area (Å²) in [7, 11) is 0.500. The van der Waals surface area contributed by atoms with E-state index in [0.717, 1.165) is 0 Å². The predicted molar refractivity (Wildman–Crippen MR) is 47.5 cm³/mol. The average Bonchev–Trinajstić information content (AvgIpc) is 2.31. The molecule has 0 amide bonds. The molecule has 0 radical (unpaired) electrons. The van der Waals surface area contributed by atoms with Gasteiger partial charge < -0.3 is 0 Å². The lowest BCUT2D eigenvalue weighted by Crippen LogP contribution is -2.07. The Morgan fingerprint density at radius 3 is 1.31 bits per heavy atom. The van der Waals surface area contributed by atoms with E-state index in [-0.39, 0.29) is 6.42 Å². The molecule has 1 rings (SSSR count). The number of hydrogen-bond acceptors (Lipinski definition) is 0. The molecule has 0 saturated heterocycles. The first-order valence-electron chi connectivity index (χ1n) is 4.32. The van der Waals surface area contributed by atoms with Crippen molar-refractivity contribution in [3.8, 4) is 0 Å². The van der Waals surface area contributed by atoms with Crippen LogP contribution in [0.3, 0.4) is 0 Å². The first-order chi connectivity index (χ1) is 7.54. The molecule has 92 valence electrons. The molecule has 0 fully saturated rings. The normalized spacial score (nSPS) is 9.75. The molecule has 1 aromatic carbocycles. The van der Waals surface area contributed by atoms with Crippen LogP contribution in [0.25, 0.3) is 0 Å². The predicted octanol–water partition coefficient (Wildman–Crippen LogP) is 3.86. The molecule has 0 aromatic heterocycles. The monoisotopic (exact) mass is 244 g/mol. The van der Waals surface area contributed by atoms with Gasteiger partial charge in [-0.15, -0.1) is 0 Å². The molecule has 1 aromatic rings. The van der Waals surface area contributed by atoms with Crippen molar-refractivity contribution in [2.75, 3.05) is 7.18 Å². The molecule has 0 saturated carbocycles. The van der Waals surface area contributed by atoms with Crippen molar-refractivity contribution in [2.45, 2.75) is 20.0 Å². The maximum atomic E-state index is 12.9. The van der Waals surface area contributed by atoms with Crippen LogP contribution < -0.4 is 0 Å². The van der Waals surface area contributed by atoms with Gasteiger partial charge >= 0.3 is 0 Å². The van der Waals surface area contributed by atoms with Gasteiger partial charge in [-0.05, 0) is 6.42 Å². The fraction of sp³-hybridized carbons (Fsp3) is 0.400. The van der Waals surface area contributed by atoms with E-state index < -0.39 is 41.1 Å². The minimum Gasteiger partial charge on any atom is -0.255 e. The third kappa shape index (κ3) is 2.48. The molecule has 0 spiro atoms. The van der Waals surface area contributed by atoms with Crippen molar-refractivity contribution in [2.24, 2.45) is 0 Å². The Labute approximate surface area is 88.9 Å². The molecular formula is C10H10F6. The molecule has 0 bridgehead atoms. The summed E-state index contributed by atoms with van der Waals surface area (Å²) < 4.78 is 73.2. The Balaban J connectivity index is 0.00000106. The summed E-state index contributed by atoms with van der Waals surface area (Å²) in [4.78, 5) is 0. The Hall–Kier alpha value is -1.20. The van der Waals surface area contributed by atoms with E-state index >= 15 is 0 Å². The van der Waals surface area contributed by atoms with Crippen molar-refractivity contribution < 1.29 is 26.3 Å². The van der Waals surface area contributed by atoms with Gasteiger partial charge in [0.25, 0.3) is 0 Å². The van der Waals surface area contributed by atoms with Crippen molar-refractivity contribution in [1.82, 2.24) is 0 Å². The van der Waals surface area contributed by atoms with E-state index in [1.165, 1.54) is 6.92 Å². The van der Waals surface area contributed by atoms with Crippen LogP contribution >= 0.6 is 0 Å². The molecule has 0 nitrogen and oxygen atoms in total. The zero-order valence-corrected chi connectivity index (χ0v) is 8.68. The van der Waals surface area contributed by atoms with Crippen LogP contribution in [0, 0.1) is 23.3 Å². The van der Waals surface area contributed by atoms with E-state index in [0.29, 0.717) is 7.18 Å². The van der Waals surface area contributed by atoms with Crippen LogP contribution in [0.1, 0.15) is 18.1 Å². The number of halogens is 6. The highest BCUT2D eigenvalue weighted by Crippen LogP contribution is 2.24. The Bertz CT molecular complexity index is 297. The molecule has 6 heteroatoms. The van der Waals surface area contributed by atoms with Crippen LogP contribution in [-0.2, 0) is 13.1 Å². The molecule has 16 heavy (non-hydrogen) atoms. The standard InChI is InChI=1S/C9H7F5.CH3F/c1-2-4-6(11)8(13)5(3-10)9(14)7(4)12;1-2/h2-3H2,1H3;1H3. The van der Waals surface area contributed by atoms with Gasteiger partial charge in [0, 0.05) is 5.56 Å². The fourth-order valence-corrected chi connectivity index (χ4v) is 1.15. The molecule has 0 aliphatic heterocycles. The van der Waals surface area contributed by atoms with E-state index in [2.05, 4.69) is 0 Å². The van der Waals surface area contributed by atoms with Crippen LogP contribution in [0.4, 0.5) is 26.3 Å². The number of benzene rings is 1. The van der Waals surface area contributed by atoms with Gasteiger partial charge in [-0.3, -0.25) is 4.39 Å². The maximum absolute atomic E-state index is 12.9. The van der Waals surface area contributed by atoms with Gasteiger partial charge in [0.15, 0.2) is 23.3 Å². The molecular weight excluding hydrogens is 234 g/mol. The lowest BCUT2D eigenvalue weighted by atomic mass is 10.1. The van der Waals surface area contributed by atoms with E-state index in [1.54, 1.807) is 0 Å². The van der Waals surface area contributed by atoms with Crippen molar-refractivity contribution in [3.05, 3.63) is 34.4 Å². The summed E-state index contributed by atoms with van der Waals surface area (Å²) in [5.41, 5.74) is -1.89. The Morgan fingerprint density at radius 1 is 0.750 bits per heavy atom. The first-order valence-corrected chi connectivity index (χ1v) is 4.32. The van der Waals surface area contributed by atoms with Crippen molar-refractivity contribution in [1.29, 1.82) is 0 Å². The van der Waals surface area contributed by atoms with E-state index in [4.69, 9.17) is 0 Å². The summed E-state index contributed by atoms with van der Waals surface area (Å²) in [5, 5.41) is 0. The second-order valence-electron chi connectivity index (χ2n) is 2.70. The highest BCUT2D eigenvalue weighted by atomic mass is 19.2. The lowest BCUT2D eigenvalue weighted by Gasteiger charge is -2.07. The highest BCUT2D eigenvalue weighted by molar-refractivity contribution is 5.29. The minimum absolute atomic E-state index is 0.196. The minimum atomic E-state index is -1.65. The first kappa shape index (κ1) is 14.8. The van der Waals surface area contributed by atoms with Crippen molar-refractivity contribution >= 4 is 0 Å². The summed E-state index contributed by atoms with van der Waals surface area (Å²) in [5.74, 6) is -6.33. The second-order valence-corrected chi connectivity index (χ2v) is 2.70. The quantitative estimate of drug-likeness (QED) is 0.547. The van der Waals surface area contributed by atoms with Gasteiger partial charge in [-0.2, -0.15) is 0 Å². The smallest absolute Gasteiger partial charge is 0.168 e. The molecule has 0 N–H and O–H groups in total. The molecule has 0 heterocycles. The summed E-state index contributed by atoms with van der Waals surface area (Å²) >= 11 is 0. The molecule has 0 aliphatic carbocycles. The topological polar surface area (TPSA) is 0 Å². The summed E-state index contributed by atoms with van der Waals surface area (Å²) in [6.07, 6.45) is -0.196. The Kier molecular flexibility index (Phi) is 5.92. The Morgan fingerprint density at radius 2 is 1.06 bits per heavy atom. The fourth-order valence-electron chi connectivity index (χ4n) is 1.15. The number of rotatable bonds is 2. The lowest BCUT2D eigenvalue weighted by molar-refractivity contribution is 0.389. The van der Waals surface area contributed by atoms with Crippen LogP contribution in [0.2, 0.25) is 0 Å². The van der Waals surface area contributed by atoms with Gasteiger partial charge in [0.1, 0.15) is 6.67 Å². The molecule has 0 aliphatic rings. The van der Waals surface area contributed by atoms with E-state index in [9.17, 15) is 26.3 Å². The van der Waals surface area contributed by atoms with Crippen molar-refractivity contribution in [3.63, 3.8) is 0 Å². The highest BCUT2D eigenvalue weighted by Gasteiger charge is 2.23. The summed E-state index contributed by atoms with van der Waals surface area (Å²) in [6.45, 7) is -0.231. The van der Waals surface area contributed by atoms with Crippen LogP contribution in [-0.4, -0.2) is 7.18 Å². The zero-order valence-electron chi connectivity index (χ0n) is 8.68. The molecule has 0 unspecified atom stereocenters. The van der Waals surface area contributed by atoms with Crippen LogP contribution in [0.5, 0.6) is 0 Å². The average molecular weight is 244 g/mol. The third-order valence-corrected chi connectivity index (χ3v) is 1.93. The zero-order chi connectivity index (χ0) is 12.9. The van der Waals surface area contributed by atoms with Crippen LogP contribution in [0.15, 0.2) is 0 Å². The van der Waals surface area contributed by atoms with Gasteiger partial charge in [0.05, 0.1) is 12.7 Å². The SMILES string of the molecule is CCc1c(F)c(F)c(CF)c(F)c1F.CF. The van der Waals surface area contributed by atoms with E-state index in [1.807, 2.05) is 0 Å². The number of hydrogen-bond donors (Lipinski definition) is 0. The maximum Gasteiger partial charge on any atom is 0.168 e. The van der Waals surface area contributed by atoms with Gasteiger partial charge in [-0.1, -0.05) is 6.92 Å².